The van der Waals surface area contributed by atoms with Crippen LogP contribution in [-0.2, 0) is 6.42 Å². The number of aromatic nitrogens is 1. The molecule has 6 heteroatoms. The number of hydrogen-bond acceptors (Lipinski definition) is 4. The second-order valence-electron chi connectivity index (χ2n) is 4.48. The summed E-state index contributed by atoms with van der Waals surface area (Å²) in [5.74, 6) is 0.518. The number of likely N-dealkylation sites (N-methyl/N-ethyl adjacent to an activating group) is 1. The lowest BCUT2D eigenvalue weighted by Crippen LogP contribution is -2.20. The Balaban J connectivity index is 2.28. The van der Waals surface area contributed by atoms with Crippen LogP contribution in [0.1, 0.15) is 12.5 Å². The van der Waals surface area contributed by atoms with Crippen LogP contribution in [0.2, 0.25) is 0 Å². The van der Waals surface area contributed by atoms with Crippen molar-refractivity contribution in [2.75, 3.05) is 20.1 Å². The van der Waals surface area contributed by atoms with Crippen LogP contribution in [-0.4, -0.2) is 39.8 Å². The van der Waals surface area contributed by atoms with Gasteiger partial charge in [-0.3, -0.25) is 0 Å². The number of hydrogen-bond donors (Lipinski definition) is 3. The number of fused-ring (bicyclic) bond motifs is 1. The van der Waals surface area contributed by atoms with Gasteiger partial charge in [0.15, 0.2) is 0 Å². The Kier molecular flexibility index (Phi) is 4.77. The van der Waals surface area contributed by atoms with E-state index >= 15 is 0 Å². The van der Waals surface area contributed by atoms with Gasteiger partial charge in [0.05, 0.1) is 0 Å². The molecule has 19 heavy (non-hydrogen) atoms. The Bertz CT molecular complexity index is 542. The fraction of sp³-hybridized carbons (Fsp3) is 0.385. The molecule has 0 aliphatic carbocycles. The molecule has 2 aromatic rings. The van der Waals surface area contributed by atoms with E-state index in [9.17, 15) is 0 Å². The van der Waals surface area contributed by atoms with Crippen molar-refractivity contribution in [3.8, 4) is 5.75 Å². The molecular weight excluding hydrogens is 263 g/mol. The van der Waals surface area contributed by atoms with Gasteiger partial charge in [0.25, 0.3) is 0 Å². The van der Waals surface area contributed by atoms with Gasteiger partial charge >= 0.3 is 8.60 Å². The minimum absolute atomic E-state index is 0.518. The average Bonchev–Trinajstić information content (AvgIpc) is 2.79. The fourth-order valence-corrected chi connectivity index (χ4v) is 2.38. The highest BCUT2D eigenvalue weighted by atomic mass is 31.2. The van der Waals surface area contributed by atoms with E-state index in [2.05, 4.69) is 23.9 Å². The Labute approximate surface area is 113 Å². The summed E-state index contributed by atoms with van der Waals surface area (Å²) in [6.07, 6.45) is 2.84. The van der Waals surface area contributed by atoms with Crippen molar-refractivity contribution < 1.29 is 14.3 Å². The number of nitrogens with zero attached hydrogens (tertiary/aromatic N) is 1. The molecule has 0 aliphatic heterocycles. The quantitative estimate of drug-likeness (QED) is 0.711. The van der Waals surface area contributed by atoms with Crippen molar-refractivity contribution in [2.24, 2.45) is 0 Å². The molecule has 104 valence electrons. The van der Waals surface area contributed by atoms with Crippen LogP contribution in [0, 0.1) is 0 Å². The molecule has 0 fully saturated rings. The molecule has 0 unspecified atom stereocenters. The third kappa shape index (κ3) is 3.45. The maximum absolute atomic E-state index is 9.03. The highest BCUT2D eigenvalue weighted by molar-refractivity contribution is 7.39. The molecule has 0 saturated heterocycles. The van der Waals surface area contributed by atoms with Gasteiger partial charge in [0.2, 0.25) is 0 Å². The molecule has 1 heterocycles. The smallest absolute Gasteiger partial charge is 0.391 e. The van der Waals surface area contributed by atoms with Crippen molar-refractivity contribution in [1.29, 1.82) is 0 Å². The van der Waals surface area contributed by atoms with E-state index in [0.29, 0.717) is 5.75 Å². The Hall–Kier alpha value is -1.13. The van der Waals surface area contributed by atoms with Crippen LogP contribution in [0.3, 0.4) is 0 Å². The van der Waals surface area contributed by atoms with E-state index in [1.54, 1.807) is 6.07 Å². The highest BCUT2D eigenvalue weighted by Gasteiger charge is 2.12. The van der Waals surface area contributed by atoms with Gasteiger partial charge < -0.3 is 24.2 Å². The topological polar surface area (TPSA) is 68.7 Å². The van der Waals surface area contributed by atoms with Gasteiger partial charge in [-0.05, 0) is 37.7 Å². The molecule has 0 atom stereocenters. The Morgan fingerprint density at radius 2 is 2.16 bits per heavy atom. The molecule has 0 radical (unpaired) electrons. The average molecular weight is 282 g/mol. The van der Waals surface area contributed by atoms with Crippen LogP contribution >= 0.6 is 8.60 Å². The largest absolute Gasteiger partial charge is 0.426 e. The fourth-order valence-electron chi connectivity index (χ4n) is 2.05. The van der Waals surface area contributed by atoms with E-state index in [0.717, 1.165) is 36.0 Å². The van der Waals surface area contributed by atoms with E-state index in [4.69, 9.17) is 14.3 Å². The first kappa shape index (κ1) is 14.3. The second-order valence-corrected chi connectivity index (χ2v) is 5.17. The number of rotatable bonds is 6. The summed E-state index contributed by atoms with van der Waals surface area (Å²) >= 11 is 0. The molecular formula is C13H19N2O3P. The minimum Gasteiger partial charge on any atom is -0.426 e. The summed E-state index contributed by atoms with van der Waals surface area (Å²) in [5.41, 5.74) is 2.08. The van der Waals surface area contributed by atoms with Crippen molar-refractivity contribution in [3.63, 3.8) is 0 Å². The van der Waals surface area contributed by atoms with Crippen LogP contribution in [0.4, 0.5) is 0 Å². The molecule has 1 aromatic heterocycles. The predicted octanol–water partition coefficient (Wildman–Crippen LogP) is 2.25. The molecule has 1 aromatic carbocycles. The number of benzene rings is 1. The van der Waals surface area contributed by atoms with Gasteiger partial charge in [-0.25, -0.2) is 0 Å². The second kappa shape index (κ2) is 6.35. The standard InChI is InChI=1S/C13H19N2O3P/c1-3-15(2)8-7-10-9-14-11-5-4-6-12(13(10)11)18-19(16)17/h4-6,9,14,16-17H,3,7-8H2,1-2H3. The molecule has 0 amide bonds. The van der Waals surface area contributed by atoms with Crippen LogP contribution in [0.15, 0.2) is 24.4 Å². The van der Waals surface area contributed by atoms with Crippen LogP contribution in [0.25, 0.3) is 10.9 Å². The highest BCUT2D eigenvalue weighted by Crippen LogP contribution is 2.36. The molecule has 5 nitrogen and oxygen atoms in total. The summed E-state index contributed by atoms with van der Waals surface area (Å²) in [7, 11) is -0.316. The number of H-pyrrole nitrogens is 1. The number of nitrogens with one attached hydrogen (secondary N) is 1. The third-order valence-corrected chi connectivity index (χ3v) is 3.59. The van der Waals surface area contributed by atoms with Gasteiger partial charge in [-0.2, -0.15) is 0 Å². The predicted molar refractivity (Wildman–Crippen MR) is 77.2 cm³/mol. The monoisotopic (exact) mass is 282 g/mol. The van der Waals surface area contributed by atoms with E-state index < -0.39 is 8.60 Å². The SMILES string of the molecule is CCN(C)CCc1c[nH]c2cccc(OP(O)O)c12. The first-order chi connectivity index (χ1) is 9.11. The van der Waals surface area contributed by atoms with Crippen molar-refractivity contribution >= 4 is 19.5 Å². The van der Waals surface area contributed by atoms with Gasteiger partial charge in [0.1, 0.15) is 5.75 Å². The Morgan fingerprint density at radius 3 is 2.84 bits per heavy atom. The zero-order valence-corrected chi connectivity index (χ0v) is 12.0. The van der Waals surface area contributed by atoms with E-state index in [-0.39, 0.29) is 0 Å². The van der Waals surface area contributed by atoms with Crippen molar-refractivity contribution in [3.05, 3.63) is 30.0 Å². The zero-order valence-electron chi connectivity index (χ0n) is 11.1. The Morgan fingerprint density at radius 1 is 1.37 bits per heavy atom. The van der Waals surface area contributed by atoms with Gasteiger partial charge in [-0.15, -0.1) is 0 Å². The summed E-state index contributed by atoms with van der Waals surface area (Å²) in [4.78, 5) is 23.5. The lowest BCUT2D eigenvalue weighted by atomic mass is 10.1. The molecule has 0 aliphatic rings. The summed E-state index contributed by atoms with van der Waals surface area (Å²) in [6, 6.07) is 5.53. The van der Waals surface area contributed by atoms with Gasteiger partial charge in [0, 0.05) is 23.6 Å². The molecule has 0 spiro atoms. The summed E-state index contributed by atoms with van der Waals surface area (Å²) < 4.78 is 5.10. The molecule has 0 bridgehead atoms. The van der Waals surface area contributed by atoms with Crippen LogP contribution < -0.4 is 4.52 Å². The lowest BCUT2D eigenvalue weighted by molar-refractivity contribution is 0.357. The normalized spacial score (nSPS) is 11.7. The molecule has 3 N–H and O–H groups in total. The zero-order chi connectivity index (χ0) is 13.8. The number of aromatic amines is 1. The summed E-state index contributed by atoms with van der Waals surface area (Å²) in [5, 5.41) is 0.933. The third-order valence-electron chi connectivity index (χ3n) is 3.23. The summed E-state index contributed by atoms with van der Waals surface area (Å²) in [6.45, 7) is 4.07. The van der Waals surface area contributed by atoms with E-state index in [1.807, 2.05) is 18.3 Å². The van der Waals surface area contributed by atoms with Crippen molar-refractivity contribution in [1.82, 2.24) is 9.88 Å². The lowest BCUT2D eigenvalue weighted by Gasteiger charge is -2.13. The first-order valence-electron chi connectivity index (χ1n) is 6.25. The van der Waals surface area contributed by atoms with Gasteiger partial charge in [-0.1, -0.05) is 13.0 Å². The first-order valence-corrected chi connectivity index (χ1v) is 7.41. The maximum atomic E-state index is 9.03. The van der Waals surface area contributed by atoms with E-state index in [1.165, 1.54) is 0 Å². The molecule has 2 rings (SSSR count). The maximum Gasteiger partial charge on any atom is 0.391 e. The van der Waals surface area contributed by atoms with Crippen molar-refractivity contribution in [2.45, 2.75) is 13.3 Å². The minimum atomic E-state index is -2.39. The van der Waals surface area contributed by atoms with Crippen LogP contribution in [0.5, 0.6) is 5.75 Å². The molecule has 0 saturated carbocycles.